The minimum atomic E-state index is -0.196. The summed E-state index contributed by atoms with van der Waals surface area (Å²) in [7, 11) is 0. The molecule has 0 radical (unpaired) electrons. The maximum absolute atomic E-state index is 12.3. The van der Waals surface area contributed by atoms with Crippen LogP contribution in [-0.2, 0) is 6.54 Å². The zero-order valence-corrected chi connectivity index (χ0v) is 13.3. The van der Waals surface area contributed by atoms with Gasteiger partial charge < -0.3 is 15.6 Å². The van der Waals surface area contributed by atoms with E-state index in [4.69, 9.17) is 17.3 Å². The van der Waals surface area contributed by atoms with Crippen LogP contribution in [0.4, 0.5) is 11.4 Å². The number of anilines is 2. The number of carbonyl (C=O) groups is 1. The Labute approximate surface area is 131 Å². The van der Waals surface area contributed by atoms with Gasteiger partial charge in [0.1, 0.15) is 5.69 Å². The second kappa shape index (κ2) is 6.33. The van der Waals surface area contributed by atoms with Crippen LogP contribution in [0.25, 0.3) is 0 Å². The van der Waals surface area contributed by atoms with E-state index in [-0.39, 0.29) is 5.91 Å². The third-order valence-corrected chi connectivity index (χ3v) is 3.69. The molecular formula is C14H15BrClN3O. The fraction of sp³-hybridized carbons (Fsp3) is 0.214. The Hall–Kier alpha value is -1.46. The van der Waals surface area contributed by atoms with Crippen LogP contribution in [0.5, 0.6) is 0 Å². The van der Waals surface area contributed by atoms with E-state index in [1.807, 2.05) is 11.5 Å². The van der Waals surface area contributed by atoms with Crippen molar-refractivity contribution in [1.82, 2.24) is 4.57 Å². The molecule has 0 saturated carbocycles. The Morgan fingerprint density at radius 2 is 2.20 bits per heavy atom. The molecule has 1 amide bonds. The molecule has 0 bridgehead atoms. The monoisotopic (exact) mass is 355 g/mol. The number of amides is 1. The van der Waals surface area contributed by atoms with Crippen molar-refractivity contribution < 1.29 is 4.79 Å². The fourth-order valence-corrected chi connectivity index (χ4v) is 2.71. The Balaban J connectivity index is 2.23. The van der Waals surface area contributed by atoms with Gasteiger partial charge in [0.05, 0.1) is 11.4 Å². The Morgan fingerprint density at radius 1 is 1.45 bits per heavy atom. The molecule has 2 aromatic rings. The molecule has 0 atom stereocenters. The minimum absolute atomic E-state index is 0.196. The van der Waals surface area contributed by atoms with Crippen molar-refractivity contribution in [3.8, 4) is 0 Å². The first-order valence-corrected chi connectivity index (χ1v) is 7.40. The van der Waals surface area contributed by atoms with Gasteiger partial charge in [-0.15, -0.1) is 0 Å². The van der Waals surface area contributed by atoms with E-state index in [1.54, 1.807) is 30.5 Å². The summed E-state index contributed by atoms with van der Waals surface area (Å²) in [6, 6.07) is 6.88. The topological polar surface area (TPSA) is 60.0 Å². The number of carbonyl (C=O) groups excluding carboxylic acids is 1. The van der Waals surface area contributed by atoms with Gasteiger partial charge in [0.2, 0.25) is 0 Å². The molecule has 0 saturated heterocycles. The second-order valence-corrected chi connectivity index (χ2v) is 5.72. The van der Waals surface area contributed by atoms with Gasteiger partial charge in [-0.05, 0) is 46.6 Å². The maximum Gasteiger partial charge on any atom is 0.272 e. The van der Waals surface area contributed by atoms with Crippen LogP contribution >= 0.6 is 27.5 Å². The van der Waals surface area contributed by atoms with E-state index >= 15 is 0 Å². The first-order valence-electron chi connectivity index (χ1n) is 6.23. The van der Waals surface area contributed by atoms with E-state index in [2.05, 4.69) is 21.2 Å². The van der Waals surface area contributed by atoms with Gasteiger partial charge in [0.25, 0.3) is 5.91 Å². The van der Waals surface area contributed by atoms with E-state index in [0.717, 1.165) is 17.4 Å². The fourth-order valence-electron chi connectivity index (χ4n) is 1.93. The molecule has 4 nitrogen and oxygen atoms in total. The molecule has 3 N–H and O–H groups in total. The van der Waals surface area contributed by atoms with Crippen LogP contribution in [0.3, 0.4) is 0 Å². The highest BCUT2D eigenvalue weighted by atomic mass is 79.9. The maximum atomic E-state index is 12.3. The summed E-state index contributed by atoms with van der Waals surface area (Å²) < 4.78 is 2.59. The lowest BCUT2D eigenvalue weighted by Crippen LogP contribution is -2.17. The van der Waals surface area contributed by atoms with Crippen LogP contribution in [0, 0.1) is 0 Å². The van der Waals surface area contributed by atoms with Gasteiger partial charge in [0.15, 0.2) is 0 Å². The number of nitrogens with one attached hydrogen (secondary N) is 1. The summed E-state index contributed by atoms with van der Waals surface area (Å²) in [5.41, 5.74) is 7.56. The van der Waals surface area contributed by atoms with Crippen LogP contribution in [0.2, 0.25) is 5.02 Å². The van der Waals surface area contributed by atoms with E-state index < -0.39 is 0 Å². The number of rotatable bonds is 4. The number of nitrogen functional groups attached to an aromatic ring is 1. The number of nitrogens with zero attached hydrogens (tertiary/aromatic N) is 1. The summed E-state index contributed by atoms with van der Waals surface area (Å²) in [5.74, 6) is -0.196. The second-order valence-electron chi connectivity index (χ2n) is 4.43. The molecule has 0 aliphatic carbocycles. The third-order valence-electron chi connectivity index (χ3n) is 2.79. The van der Waals surface area contributed by atoms with E-state index in [9.17, 15) is 4.79 Å². The van der Waals surface area contributed by atoms with Crippen molar-refractivity contribution >= 4 is 44.8 Å². The molecule has 2 rings (SSSR count). The number of hydrogen-bond donors (Lipinski definition) is 2. The summed E-state index contributed by atoms with van der Waals surface area (Å²) in [4.78, 5) is 12.3. The van der Waals surface area contributed by atoms with Crippen molar-refractivity contribution in [3.63, 3.8) is 0 Å². The van der Waals surface area contributed by atoms with Crippen LogP contribution in [0.15, 0.2) is 34.9 Å². The Morgan fingerprint density at radius 3 is 2.85 bits per heavy atom. The van der Waals surface area contributed by atoms with E-state index in [0.29, 0.717) is 22.1 Å². The zero-order valence-electron chi connectivity index (χ0n) is 11.0. The molecule has 0 aliphatic rings. The average molecular weight is 357 g/mol. The van der Waals surface area contributed by atoms with Gasteiger partial charge in [-0.3, -0.25) is 4.79 Å². The van der Waals surface area contributed by atoms with Gasteiger partial charge in [0, 0.05) is 22.2 Å². The van der Waals surface area contributed by atoms with Gasteiger partial charge in [-0.25, -0.2) is 0 Å². The molecule has 1 aromatic heterocycles. The predicted octanol–water partition coefficient (Wildman–Crippen LogP) is 4.15. The molecule has 0 fully saturated rings. The van der Waals surface area contributed by atoms with E-state index in [1.165, 1.54) is 0 Å². The van der Waals surface area contributed by atoms with Crippen LogP contribution < -0.4 is 11.1 Å². The number of aryl methyl sites for hydroxylation is 1. The summed E-state index contributed by atoms with van der Waals surface area (Å²) in [6.07, 6.45) is 2.70. The molecular weight excluding hydrogens is 342 g/mol. The first kappa shape index (κ1) is 14.9. The number of benzene rings is 1. The quantitative estimate of drug-likeness (QED) is 0.864. The zero-order chi connectivity index (χ0) is 14.7. The molecule has 0 spiro atoms. The van der Waals surface area contributed by atoms with Crippen molar-refractivity contribution in [3.05, 3.63) is 45.7 Å². The number of aromatic nitrogens is 1. The Bertz CT molecular complexity index is 639. The highest BCUT2D eigenvalue weighted by Crippen LogP contribution is 2.26. The Kier molecular flexibility index (Phi) is 4.73. The minimum Gasteiger partial charge on any atom is -0.397 e. The van der Waals surface area contributed by atoms with Gasteiger partial charge >= 0.3 is 0 Å². The molecule has 1 aromatic carbocycles. The number of hydrogen-bond acceptors (Lipinski definition) is 2. The largest absolute Gasteiger partial charge is 0.397 e. The normalized spacial score (nSPS) is 10.6. The third kappa shape index (κ3) is 3.35. The number of nitrogens with two attached hydrogens (primary N) is 1. The SMILES string of the molecule is CCCn1cc(N)cc1C(=O)Nc1ccc(Cl)cc1Br. The highest BCUT2D eigenvalue weighted by Gasteiger charge is 2.14. The lowest BCUT2D eigenvalue weighted by molar-refractivity contribution is 0.101. The molecule has 0 aliphatic heterocycles. The standard InChI is InChI=1S/C14H15BrClN3O/c1-2-5-19-8-10(17)7-13(19)14(20)18-12-4-3-9(16)6-11(12)15/h3-4,6-8H,2,5,17H2,1H3,(H,18,20). The molecule has 0 unspecified atom stereocenters. The van der Waals surface area contributed by atoms with Gasteiger partial charge in [-0.2, -0.15) is 0 Å². The molecule has 1 heterocycles. The van der Waals surface area contributed by atoms with Crippen LogP contribution in [0.1, 0.15) is 23.8 Å². The molecule has 106 valence electrons. The average Bonchev–Trinajstić information content (AvgIpc) is 2.74. The predicted molar refractivity (Wildman–Crippen MR) is 86.2 cm³/mol. The van der Waals surface area contributed by atoms with Crippen molar-refractivity contribution in [2.24, 2.45) is 0 Å². The lowest BCUT2D eigenvalue weighted by Gasteiger charge is -2.10. The highest BCUT2D eigenvalue weighted by molar-refractivity contribution is 9.10. The van der Waals surface area contributed by atoms with Crippen molar-refractivity contribution in [2.45, 2.75) is 19.9 Å². The van der Waals surface area contributed by atoms with Gasteiger partial charge in [-0.1, -0.05) is 18.5 Å². The lowest BCUT2D eigenvalue weighted by atomic mass is 10.3. The van der Waals surface area contributed by atoms with Crippen LogP contribution in [-0.4, -0.2) is 10.5 Å². The van der Waals surface area contributed by atoms with Crippen molar-refractivity contribution in [1.29, 1.82) is 0 Å². The number of halogens is 2. The van der Waals surface area contributed by atoms with Crippen molar-refractivity contribution in [2.75, 3.05) is 11.1 Å². The summed E-state index contributed by atoms with van der Waals surface area (Å²) in [6.45, 7) is 2.80. The molecule has 20 heavy (non-hydrogen) atoms. The summed E-state index contributed by atoms with van der Waals surface area (Å²) in [5, 5.41) is 3.45. The molecule has 6 heteroatoms. The smallest absolute Gasteiger partial charge is 0.272 e. The first-order chi connectivity index (χ1) is 9.51. The summed E-state index contributed by atoms with van der Waals surface area (Å²) >= 11 is 9.25.